The van der Waals surface area contributed by atoms with Crippen molar-refractivity contribution < 1.29 is 28.2 Å². The number of esters is 1. The largest absolute Gasteiger partial charge is 0.493 e. The first kappa shape index (κ1) is 17.9. The Morgan fingerprint density at radius 2 is 1.84 bits per heavy atom. The van der Waals surface area contributed by atoms with E-state index in [0.29, 0.717) is 11.5 Å². The number of amides is 1. The van der Waals surface area contributed by atoms with Crippen LogP contribution in [0.5, 0.6) is 11.5 Å². The van der Waals surface area contributed by atoms with E-state index < -0.39 is 11.9 Å². The fourth-order valence-electron chi connectivity index (χ4n) is 2.24. The van der Waals surface area contributed by atoms with Gasteiger partial charge in [-0.2, -0.15) is 5.26 Å². The van der Waals surface area contributed by atoms with E-state index in [4.69, 9.17) is 13.9 Å². The molecule has 0 bridgehead atoms. The summed E-state index contributed by atoms with van der Waals surface area (Å²) in [6.45, 7) is 1.50. The lowest BCUT2D eigenvalue weighted by atomic mass is 10.1. The number of nitrogens with zero attached hydrogens (tertiary/aromatic N) is 1. The lowest BCUT2D eigenvalue weighted by Crippen LogP contribution is -2.13. The van der Waals surface area contributed by atoms with Crippen LogP contribution >= 0.6 is 0 Å². The zero-order valence-corrected chi connectivity index (χ0v) is 14.1. The first-order chi connectivity index (χ1) is 12.0. The smallest absolute Gasteiger partial charge is 0.342 e. The average Bonchev–Trinajstić information content (AvgIpc) is 2.95. The van der Waals surface area contributed by atoms with Crippen LogP contribution in [0, 0.1) is 18.3 Å². The van der Waals surface area contributed by atoms with Crippen molar-refractivity contribution in [3.8, 4) is 17.6 Å². The number of carbonyl (C=O) groups is 2. The molecule has 0 saturated carbocycles. The van der Waals surface area contributed by atoms with Crippen molar-refractivity contribution in [3.05, 3.63) is 40.6 Å². The summed E-state index contributed by atoms with van der Waals surface area (Å²) in [7, 11) is 4.13. The molecular weight excluding hydrogens is 328 g/mol. The normalized spacial score (nSPS) is 9.88. The molecule has 0 saturated heterocycles. The summed E-state index contributed by atoms with van der Waals surface area (Å²) in [5, 5.41) is 11.8. The number of carbonyl (C=O) groups excluding carboxylic acids is 2. The van der Waals surface area contributed by atoms with Gasteiger partial charge in [-0.05, 0) is 25.1 Å². The zero-order valence-electron chi connectivity index (χ0n) is 14.1. The molecule has 0 radical (unpaired) electrons. The van der Waals surface area contributed by atoms with E-state index in [1.807, 2.05) is 6.07 Å². The third-order valence-corrected chi connectivity index (χ3v) is 3.46. The molecule has 0 fully saturated rings. The molecule has 0 atom stereocenters. The van der Waals surface area contributed by atoms with E-state index in [9.17, 15) is 14.9 Å². The lowest BCUT2D eigenvalue weighted by molar-refractivity contribution is 0.0598. The highest BCUT2D eigenvalue weighted by molar-refractivity contribution is 6.06. The third-order valence-electron chi connectivity index (χ3n) is 3.46. The summed E-state index contributed by atoms with van der Waals surface area (Å²) in [4.78, 5) is 24.2. The molecule has 0 aliphatic heterocycles. The Labute approximate surface area is 143 Å². The molecule has 0 aliphatic rings. The summed E-state index contributed by atoms with van der Waals surface area (Å²) < 4.78 is 20.2. The van der Waals surface area contributed by atoms with E-state index in [0.717, 1.165) is 0 Å². The van der Waals surface area contributed by atoms with Crippen LogP contribution in [0.2, 0.25) is 0 Å². The highest BCUT2D eigenvalue weighted by atomic mass is 16.5. The highest BCUT2D eigenvalue weighted by Gasteiger charge is 2.25. The van der Waals surface area contributed by atoms with Crippen LogP contribution in [-0.2, 0) is 4.74 Å². The topological polar surface area (TPSA) is 111 Å². The molecule has 8 heteroatoms. The van der Waals surface area contributed by atoms with Crippen LogP contribution < -0.4 is 14.8 Å². The van der Waals surface area contributed by atoms with Gasteiger partial charge in [-0.3, -0.25) is 10.1 Å². The summed E-state index contributed by atoms with van der Waals surface area (Å²) in [5.74, 6) is -0.363. The van der Waals surface area contributed by atoms with E-state index >= 15 is 0 Å². The predicted octanol–water partition coefficient (Wildman–Crippen LogP) is 2.52. The van der Waals surface area contributed by atoms with E-state index in [1.165, 1.54) is 40.4 Å². The second-order valence-electron chi connectivity index (χ2n) is 4.86. The first-order valence-corrected chi connectivity index (χ1v) is 7.12. The van der Waals surface area contributed by atoms with Crippen LogP contribution in [0.15, 0.2) is 22.6 Å². The maximum Gasteiger partial charge on any atom is 0.342 e. The van der Waals surface area contributed by atoms with Gasteiger partial charge in [0.1, 0.15) is 23.0 Å². The molecule has 0 unspecified atom stereocenters. The summed E-state index contributed by atoms with van der Waals surface area (Å²) in [6.07, 6.45) is 0. The van der Waals surface area contributed by atoms with Crippen LogP contribution in [-0.4, -0.2) is 33.2 Å². The molecular formula is C17H16N2O6. The Balaban J connectivity index is 2.36. The SMILES string of the molecule is COC(=O)c1c(C)oc(NC(=O)c2ccc(OC)c(OC)c2)c1C#N. The van der Waals surface area contributed by atoms with Gasteiger partial charge in [-0.15, -0.1) is 0 Å². The molecule has 1 amide bonds. The quantitative estimate of drug-likeness (QED) is 0.830. The summed E-state index contributed by atoms with van der Waals surface area (Å²) >= 11 is 0. The fraction of sp³-hybridized carbons (Fsp3) is 0.235. The van der Waals surface area contributed by atoms with Gasteiger partial charge in [0.25, 0.3) is 5.91 Å². The minimum Gasteiger partial charge on any atom is -0.493 e. The minimum atomic E-state index is -0.718. The lowest BCUT2D eigenvalue weighted by Gasteiger charge is -2.09. The molecule has 130 valence electrons. The van der Waals surface area contributed by atoms with Crippen molar-refractivity contribution in [1.29, 1.82) is 5.26 Å². The van der Waals surface area contributed by atoms with Crippen LogP contribution in [0.25, 0.3) is 0 Å². The van der Waals surface area contributed by atoms with Gasteiger partial charge < -0.3 is 18.6 Å². The van der Waals surface area contributed by atoms with E-state index in [2.05, 4.69) is 10.1 Å². The van der Waals surface area contributed by atoms with Crippen molar-refractivity contribution in [2.75, 3.05) is 26.6 Å². The van der Waals surface area contributed by atoms with Crippen LogP contribution in [0.4, 0.5) is 5.88 Å². The number of nitriles is 1. The number of nitrogens with one attached hydrogen (secondary N) is 1. The van der Waals surface area contributed by atoms with E-state index in [-0.39, 0.29) is 28.3 Å². The number of hydrogen-bond acceptors (Lipinski definition) is 7. The van der Waals surface area contributed by atoms with Gasteiger partial charge >= 0.3 is 5.97 Å². The maximum absolute atomic E-state index is 12.4. The summed E-state index contributed by atoms with van der Waals surface area (Å²) in [5.41, 5.74) is 0.140. The second-order valence-corrected chi connectivity index (χ2v) is 4.86. The summed E-state index contributed by atoms with van der Waals surface area (Å²) in [6, 6.07) is 6.43. The Morgan fingerprint density at radius 1 is 1.16 bits per heavy atom. The molecule has 8 nitrogen and oxygen atoms in total. The van der Waals surface area contributed by atoms with Crippen molar-refractivity contribution in [3.63, 3.8) is 0 Å². The minimum absolute atomic E-state index is 0.0207. The van der Waals surface area contributed by atoms with E-state index in [1.54, 1.807) is 6.07 Å². The van der Waals surface area contributed by atoms with Gasteiger partial charge in [0.2, 0.25) is 5.88 Å². The van der Waals surface area contributed by atoms with Crippen LogP contribution in [0.1, 0.15) is 32.0 Å². The van der Waals surface area contributed by atoms with Crippen molar-refractivity contribution in [2.24, 2.45) is 0 Å². The number of rotatable bonds is 5. The number of hydrogen-bond donors (Lipinski definition) is 1. The number of furan rings is 1. The Hall–Kier alpha value is -3.47. The second kappa shape index (κ2) is 7.40. The molecule has 1 N–H and O–H groups in total. The van der Waals surface area contributed by atoms with Crippen LogP contribution in [0.3, 0.4) is 0 Å². The first-order valence-electron chi connectivity index (χ1n) is 7.12. The highest BCUT2D eigenvalue weighted by Crippen LogP contribution is 2.30. The molecule has 25 heavy (non-hydrogen) atoms. The number of methoxy groups -OCH3 is 3. The Bertz CT molecular complexity index is 863. The van der Waals surface area contributed by atoms with Crippen molar-refractivity contribution in [2.45, 2.75) is 6.92 Å². The molecule has 1 aromatic heterocycles. The Kier molecular flexibility index (Phi) is 5.29. The monoisotopic (exact) mass is 344 g/mol. The number of aryl methyl sites for hydroxylation is 1. The number of ether oxygens (including phenoxy) is 3. The van der Waals surface area contributed by atoms with Gasteiger partial charge in [-0.1, -0.05) is 0 Å². The molecule has 1 aromatic carbocycles. The fourth-order valence-corrected chi connectivity index (χ4v) is 2.24. The Morgan fingerprint density at radius 3 is 2.40 bits per heavy atom. The van der Waals surface area contributed by atoms with Gasteiger partial charge in [0, 0.05) is 5.56 Å². The van der Waals surface area contributed by atoms with Gasteiger partial charge in [0.05, 0.1) is 21.3 Å². The molecule has 0 aliphatic carbocycles. The van der Waals surface area contributed by atoms with Crippen molar-refractivity contribution >= 4 is 17.8 Å². The third kappa shape index (κ3) is 3.40. The predicted molar refractivity (Wildman–Crippen MR) is 87.0 cm³/mol. The average molecular weight is 344 g/mol. The number of anilines is 1. The maximum atomic E-state index is 12.4. The molecule has 1 heterocycles. The van der Waals surface area contributed by atoms with Gasteiger partial charge in [-0.25, -0.2) is 4.79 Å². The standard InChI is InChI=1S/C17H16N2O6/c1-9-14(17(21)24-4)11(8-18)16(25-9)19-15(20)10-5-6-12(22-2)13(7-10)23-3/h5-7H,1-4H3,(H,19,20). The van der Waals surface area contributed by atoms with Gasteiger partial charge in [0.15, 0.2) is 11.5 Å². The molecule has 2 rings (SSSR count). The zero-order chi connectivity index (χ0) is 18.6. The molecule has 2 aromatic rings. The molecule has 0 spiro atoms. The van der Waals surface area contributed by atoms with Crippen molar-refractivity contribution in [1.82, 2.24) is 0 Å². The number of benzene rings is 1.